The summed E-state index contributed by atoms with van der Waals surface area (Å²) < 4.78 is 0. The molecule has 0 saturated heterocycles. The summed E-state index contributed by atoms with van der Waals surface area (Å²) in [6.07, 6.45) is 0.758. The Kier molecular flexibility index (Phi) is 4.52. The van der Waals surface area contributed by atoms with E-state index in [4.69, 9.17) is 10.2 Å². The van der Waals surface area contributed by atoms with Crippen molar-refractivity contribution in [1.29, 1.82) is 0 Å². The molecule has 0 spiro atoms. The highest BCUT2D eigenvalue weighted by atomic mass is 16.4. The van der Waals surface area contributed by atoms with Crippen molar-refractivity contribution in [3.8, 4) is 0 Å². The Balaban J connectivity index is 4.18. The summed E-state index contributed by atoms with van der Waals surface area (Å²) in [4.78, 5) is 20.4. The number of rotatable bonds is 4. The molecule has 0 aliphatic carbocycles. The molecule has 0 atom stereocenters. The van der Waals surface area contributed by atoms with E-state index < -0.39 is 12.1 Å². The molecule has 12 heavy (non-hydrogen) atoms. The molecule has 0 fully saturated rings. The minimum absolute atomic E-state index is 0.0694. The second-order valence-corrected chi connectivity index (χ2v) is 2.17. The first-order valence-corrected chi connectivity index (χ1v) is 3.49. The molecule has 0 aromatic carbocycles. The normalized spacial score (nSPS) is 10.9. The maximum absolute atomic E-state index is 10.4. The molecular formula is C7H11NO4. The zero-order valence-electron chi connectivity index (χ0n) is 6.70. The average Bonchev–Trinajstić information content (AvgIpc) is 1.96. The molecule has 0 unspecified atom stereocenters. The van der Waals surface area contributed by atoms with Crippen LogP contribution >= 0.6 is 0 Å². The Hall–Kier alpha value is -1.52. The lowest BCUT2D eigenvalue weighted by atomic mass is 10.2. The van der Waals surface area contributed by atoms with Crippen molar-refractivity contribution < 1.29 is 19.8 Å². The standard InChI is InChI=1S/C7H11NO4/c1-2-3-5(6(9)10)4-8-7(11)12/h4,8H,2-3H2,1H3,(H,9,10)(H,11,12). The molecule has 0 rings (SSSR count). The third-order valence-electron chi connectivity index (χ3n) is 1.16. The highest BCUT2D eigenvalue weighted by molar-refractivity contribution is 5.87. The van der Waals surface area contributed by atoms with E-state index in [1.54, 1.807) is 0 Å². The van der Waals surface area contributed by atoms with Gasteiger partial charge in [0.25, 0.3) is 0 Å². The van der Waals surface area contributed by atoms with Crippen LogP contribution in [0.1, 0.15) is 19.8 Å². The minimum atomic E-state index is -1.26. The molecule has 1 amide bonds. The lowest BCUT2D eigenvalue weighted by molar-refractivity contribution is -0.132. The molecule has 0 heterocycles. The van der Waals surface area contributed by atoms with Crippen LogP contribution in [0.15, 0.2) is 11.8 Å². The summed E-state index contributed by atoms with van der Waals surface area (Å²) in [5, 5.41) is 18.6. The molecule has 0 aliphatic heterocycles. The lowest BCUT2D eigenvalue weighted by Crippen LogP contribution is -2.16. The van der Waals surface area contributed by atoms with Crippen molar-refractivity contribution in [2.75, 3.05) is 0 Å². The van der Waals surface area contributed by atoms with Gasteiger partial charge < -0.3 is 10.2 Å². The Morgan fingerprint density at radius 3 is 2.33 bits per heavy atom. The van der Waals surface area contributed by atoms with Crippen LogP contribution < -0.4 is 5.32 Å². The summed E-state index contributed by atoms with van der Waals surface area (Å²) in [6.45, 7) is 1.82. The van der Waals surface area contributed by atoms with Gasteiger partial charge in [-0.25, -0.2) is 9.59 Å². The summed E-state index contributed by atoms with van der Waals surface area (Å²) in [6, 6.07) is 0. The number of amides is 1. The fourth-order valence-electron chi connectivity index (χ4n) is 0.659. The number of carboxylic acid groups (broad SMARTS) is 2. The van der Waals surface area contributed by atoms with Gasteiger partial charge in [-0.15, -0.1) is 0 Å². The van der Waals surface area contributed by atoms with E-state index in [-0.39, 0.29) is 5.57 Å². The molecule has 68 valence electrons. The number of carbonyl (C=O) groups is 2. The largest absolute Gasteiger partial charge is 0.478 e. The summed E-state index contributed by atoms with van der Waals surface area (Å²) in [5.41, 5.74) is 0.0694. The van der Waals surface area contributed by atoms with E-state index in [1.165, 1.54) is 0 Å². The number of hydrogen-bond donors (Lipinski definition) is 3. The van der Waals surface area contributed by atoms with Crippen molar-refractivity contribution >= 4 is 12.1 Å². The van der Waals surface area contributed by atoms with Gasteiger partial charge in [0, 0.05) is 6.20 Å². The fourth-order valence-corrected chi connectivity index (χ4v) is 0.659. The second-order valence-electron chi connectivity index (χ2n) is 2.17. The van der Waals surface area contributed by atoms with Crippen LogP contribution in [0.4, 0.5) is 4.79 Å². The zero-order valence-corrected chi connectivity index (χ0v) is 6.70. The molecule has 0 aromatic rings. The van der Waals surface area contributed by atoms with Crippen LogP contribution in [0.3, 0.4) is 0 Å². The first-order chi connectivity index (χ1) is 5.57. The molecule has 5 nitrogen and oxygen atoms in total. The Bertz CT molecular complexity index is 209. The maximum Gasteiger partial charge on any atom is 0.408 e. The number of nitrogens with one attached hydrogen (secondary N) is 1. The van der Waals surface area contributed by atoms with Gasteiger partial charge in [0.15, 0.2) is 0 Å². The Labute approximate surface area is 69.7 Å². The average molecular weight is 173 g/mol. The first kappa shape index (κ1) is 10.5. The van der Waals surface area contributed by atoms with E-state index in [1.807, 2.05) is 12.2 Å². The van der Waals surface area contributed by atoms with Crippen LogP contribution in [0.2, 0.25) is 0 Å². The van der Waals surface area contributed by atoms with Crippen molar-refractivity contribution in [1.82, 2.24) is 5.32 Å². The number of hydrogen-bond acceptors (Lipinski definition) is 2. The highest BCUT2D eigenvalue weighted by Gasteiger charge is 2.05. The smallest absolute Gasteiger partial charge is 0.408 e. The lowest BCUT2D eigenvalue weighted by Gasteiger charge is -1.98. The monoisotopic (exact) mass is 173 g/mol. The van der Waals surface area contributed by atoms with E-state index >= 15 is 0 Å². The van der Waals surface area contributed by atoms with Gasteiger partial charge in [-0.1, -0.05) is 13.3 Å². The van der Waals surface area contributed by atoms with Crippen LogP contribution in [0.25, 0.3) is 0 Å². The van der Waals surface area contributed by atoms with Crippen molar-refractivity contribution in [2.24, 2.45) is 0 Å². The molecule has 0 saturated carbocycles. The van der Waals surface area contributed by atoms with Crippen molar-refractivity contribution in [3.05, 3.63) is 11.8 Å². The highest BCUT2D eigenvalue weighted by Crippen LogP contribution is 2.02. The van der Waals surface area contributed by atoms with E-state index in [9.17, 15) is 9.59 Å². The van der Waals surface area contributed by atoms with Crippen LogP contribution in [-0.2, 0) is 4.79 Å². The second kappa shape index (κ2) is 5.17. The predicted octanol–water partition coefficient (Wildman–Crippen LogP) is 1.02. The Morgan fingerprint density at radius 1 is 1.42 bits per heavy atom. The van der Waals surface area contributed by atoms with E-state index in [2.05, 4.69) is 0 Å². The molecule has 5 heteroatoms. The van der Waals surface area contributed by atoms with Gasteiger partial charge in [0.05, 0.1) is 5.57 Å². The summed E-state index contributed by atoms with van der Waals surface area (Å²) in [7, 11) is 0. The van der Waals surface area contributed by atoms with Crippen LogP contribution in [0.5, 0.6) is 0 Å². The SMILES string of the molecule is CCCC(=CNC(=O)O)C(=O)O. The quantitative estimate of drug-likeness (QED) is 0.554. The molecule has 3 N–H and O–H groups in total. The van der Waals surface area contributed by atoms with Gasteiger partial charge in [-0.05, 0) is 6.42 Å². The number of aliphatic carboxylic acids is 1. The third kappa shape index (κ3) is 4.32. The van der Waals surface area contributed by atoms with E-state index in [0.29, 0.717) is 12.8 Å². The zero-order chi connectivity index (χ0) is 9.56. The minimum Gasteiger partial charge on any atom is -0.478 e. The molecular weight excluding hydrogens is 162 g/mol. The topological polar surface area (TPSA) is 86.6 Å². The summed E-state index contributed by atoms with van der Waals surface area (Å²) in [5.74, 6) is -1.09. The third-order valence-corrected chi connectivity index (χ3v) is 1.16. The van der Waals surface area contributed by atoms with Gasteiger partial charge in [0.2, 0.25) is 0 Å². The van der Waals surface area contributed by atoms with Crippen LogP contribution in [-0.4, -0.2) is 22.3 Å². The molecule has 0 radical (unpaired) electrons. The van der Waals surface area contributed by atoms with Gasteiger partial charge in [0.1, 0.15) is 0 Å². The van der Waals surface area contributed by atoms with E-state index in [0.717, 1.165) is 6.20 Å². The molecule has 0 bridgehead atoms. The molecule has 0 aliphatic rings. The fraction of sp³-hybridized carbons (Fsp3) is 0.429. The Morgan fingerprint density at radius 2 is 2.00 bits per heavy atom. The van der Waals surface area contributed by atoms with Gasteiger partial charge >= 0.3 is 12.1 Å². The number of carboxylic acids is 1. The molecule has 0 aromatic heterocycles. The summed E-state index contributed by atoms with van der Waals surface area (Å²) >= 11 is 0. The van der Waals surface area contributed by atoms with Crippen LogP contribution in [0, 0.1) is 0 Å². The van der Waals surface area contributed by atoms with Crippen molar-refractivity contribution in [3.63, 3.8) is 0 Å². The predicted molar refractivity (Wildman–Crippen MR) is 41.8 cm³/mol. The maximum atomic E-state index is 10.4. The van der Waals surface area contributed by atoms with Crippen molar-refractivity contribution in [2.45, 2.75) is 19.8 Å². The van der Waals surface area contributed by atoms with Gasteiger partial charge in [-0.2, -0.15) is 0 Å². The van der Waals surface area contributed by atoms with Gasteiger partial charge in [-0.3, -0.25) is 5.32 Å². The first-order valence-electron chi connectivity index (χ1n) is 3.49.